The maximum Gasteiger partial charge on any atom is 0.255 e. The molecular weight excluding hydrogens is 404 g/mol. The van der Waals surface area contributed by atoms with Crippen molar-refractivity contribution in [3.05, 3.63) is 77.1 Å². The lowest BCUT2D eigenvalue weighted by atomic mass is 9.93. The first-order chi connectivity index (χ1) is 15.5. The lowest BCUT2D eigenvalue weighted by Gasteiger charge is -2.22. The van der Waals surface area contributed by atoms with E-state index in [1.54, 1.807) is 25.1 Å². The van der Waals surface area contributed by atoms with E-state index < -0.39 is 0 Å². The largest absolute Gasteiger partial charge is 0.497 e. The van der Waals surface area contributed by atoms with Crippen LogP contribution in [0.2, 0.25) is 0 Å². The predicted molar refractivity (Wildman–Crippen MR) is 123 cm³/mol. The predicted octanol–water partition coefficient (Wildman–Crippen LogP) is 3.14. The van der Waals surface area contributed by atoms with Crippen molar-refractivity contribution in [3.63, 3.8) is 0 Å². The zero-order valence-corrected chi connectivity index (χ0v) is 19.0. The Kier molecular flexibility index (Phi) is 6.46. The Balaban J connectivity index is 1.63. The fourth-order valence-corrected chi connectivity index (χ4v) is 4.41. The van der Waals surface area contributed by atoms with E-state index >= 15 is 0 Å². The summed E-state index contributed by atoms with van der Waals surface area (Å²) in [5.41, 5.74) is 3.73. The molecule has 0 spiro atoms. The molecule has 0 saturated carbocycles. The van der Waals surface area contributed by atoms with Crippen LogP contribution in [-0.4, -0.2) is 53.9 Å². The molecule has 168 valence electrons. The van der Waals surface area contributed by atoms with Gasteiger partial charge in [0.2, 0.25) is 0 Å². The summed E-state index contributed by atoms with van der Waals surface area (Å²) in [6, 6.07) is 16.2. The third-order valence-electron chi connectivity index (χ3n) is 6.28. The van der Waals surface area contributed by atoms with Gasteiger partial charge in [-0.3, -0.25) is 14.4 Å². The number of nitrogens with one attached hydrogen (secondary N) is 1. The van der Waals surface area contributed by atoms with Gasteiger partial charge in [-0.05, 0) is 30.7 Å². The summed E-state index contributed by atoms with van der Waals surface area (Å²) < 4.78 is 12.9. The summed E-state index contributed by atoms with van der Waals surface area (Å²) in [4.78, 5) is 15.5. The number of hydrogen-bond acceptors (Lipinski definition) is 5. The number of carbonyl (C=O) groups is 1. The van der Waals surface area contributed by atoms with Crippen molar-refractivity contribution >= 4 is 5.91 Å². The van der Waals surface area contributed by atoms with E-state index in [0.717, 1.165) is 42.4 Å². The van der Waals surface area contributed by atoms with E-state index in [1.165, 1.54) is 5.56 Å². The fraction of sp³-hybridized carbons (Fsp3) is 0.360. The quantitative estimate of drug-likeness (QED) is 0.619. The fourth-order valence-electron chi connectivity index (χ4n) is 4.41. The molecule has 0 unspecified atom stereocenters. The first-order valence-corrected chi connectivity index (χ1v) is 10.8. The van der Waals surface area contributed by atoms with Gasteiger partial charge in [0.1, 0.15) is 11.5 Å². The molecule has 1 fully saturated rings. The molecule has 32 heavy (non-hydrogen) atoms. The number of rotatable bonds is 7. The van der Waals surface area contributed by atoms with Gasteiger partial charge in [0, 0.05) is 43.9 Å². The Morgan fingerprint density at radius 1 is 1.12 bits per heavy atom. The van der Waals surface area contributed by atoms with Crippen molar-refractivity contribution in [2.75, 3.05) is 27.3 Å². The van der Waals surface area contributed by atoms with Crippen LogP contribution in [0.3, 0.4) is 0 Å². The maximum absolute atomic E-state index is 13.1. The highest BCUT2D eigenvalue weighted by Gasteiger charge is 2.37. The number of carbonyl (C=O) groups excluding carboxylic acids is 1. The molecule has 0 aliphatic carbocycles. The van der Waals surface area contributed by atoms with E-state index in [4.69, 9.17) is 9.47 Å². The molecule has 0 radical (unpaired) electrons. The van der Waals surface area contributed by atoms with Crippen molar-refractivity contribution in [2.24, 2.45) is 7.05 Å². The van der Waals surface area contributed by atoms with Crippen molar-refractivity contribution in [2.45, 2.75) is 25.4 Å². The number of hydrogen-bond donors (Lipinski definition) is 1. The Morgan fingerprint density at radius 3 is 2.56 bits per heavy atom. The number of ether oxygens (including phenoxy) is 2. The molecule has 1 aliphatic rings. The van der Waals surface area contributed by atoms with Gasteiger partial charge in [-0.25, -0.2) is 0 Å². The average molecular weight is 435 g/mol. The summed E-state index contributed by atoms with van der Waals surface area (Å²) in [5.74, 6) is 1.53. The molecule has 1 N–H and O–H groups in total. The number of aryl methyl sites for hydroxylation is 1. The molecule has 4 rings (SSSR count). The van der Waals surface area contributed by atoms with E-state index in [9.17, 15) is 4.79 Å². The molecule has 1 aliphatic heterocycles. The minimum Gasteiger partial charge on any atom is -0.497 e. The Bertz CT molecular complexity index is 1080. The smallest absolute Gasteiger partial charge is 0.255 e. The molecule has 1 saturated heterocycles. The van der Waals surface area contributed by atoms with Crippen molar-refractivity contribution in [1.29, 1.82) is 0 Å². The van der Waals surface area contributed by atoms with Gasteiger partial charge in [-0.1, -0.05) is 30.3 Å². The third kappa shape index (κ3) is 4.48. The first-order valence-electron chi connectivity index (χ1n) is 10.8. The lowest BCUT2D eigenvalue weighted by molar-refractivity contribution is 0.0934. The van der Waals surface area contributed by atoms with Crippen LogP contribution in [0.1, 0.15) is 33.1 Å². The Hall–Kier alpha value is -3.32. The molecule has 0 bridgehead atoms. The van der Waals surface area contributed by atoms with Crippen LogP contribution in [-0.2, 0) is 13.6 Å². The van der Waals surface area contributed by atoms with Crippen LogP contribution in [0.15, 0.2) is 54.7 Å². The molecular formula is C25H30N4O3. The van der Waals surface area contributed by atoms with Gasteiger partial charge >= 0.3 is 0 Å². The van der Waals surface area contributed by atoms with E-state index in [0.29, 0.717) is 5.56 Å². The zero-order chi connectivity index (χ0) is 22.7. The van der Waals surface area contributed by atoms with Gasteiger partial charge in [-0.2, -0.15) is 5.10 Å². The molecule has 3 aromatic rings. The van der Waals surface area contributed by atoms with Crippen LogP contribution < -0.4 is 14.8 Å². The summed E-state index contributed by atoms with van der Waals surface area (Å²) in [6.07, 6.45) is 1.63. The van der Waals surface area contributed by atoms with Crippen molar-refractivity contribution in [1.82, 2.24) is 20.0 Å². The van der Waals surface area contributed by atoms with Crippen molar-refractivity contribution < 1.29 is 14.3 Å². The summed E-state index contributed by atoms with van der Waals surface area (Å²) in [5, 5.41) is 7.49. The highest BCUT2D eigenvalue weighted by Crippen LogP contribution is 2.37. The van der Waals surface area contributed by atoms with Crippen LogP contribution in [0.4, 0.5) is 0 Å². The van der Waals surface area contributed by atoms with Gasteiger partial charge in [0.15, 0.2) is 0 Å². The second kappa shape index (κ2) is 9.44. The van der Waals surface area contributed by atoms with Crippen LogP contribution in [0.5, 0.6) is 11.5 Å². The summed E-state index contributed by atoms with van der Waals surface area (Å²) in [7, 11) is 5.17. The Morgan fingerprint density at radius 2 is 1.91 bits per heavy atom. The first kappa shape index (κ1) is 21.9. The number of likely N-dealkylation sites (tertiary alicyclic amines) is 1. The summed E-state index contributed by atoms with van der Waals surface area (Å²) >= 11 is 0. The number of aromatic nitrogens is 2. The monoisotopic (exact) mass is 434 g/mol. The van der Waals surface area contributed by atoms with Crippen LogP contribution in [0, 0.1) is 6.92 Å². The Labute approximate surface area is 188 Å². The number of amides is 1. The van der Waals surface area contributed by atoms with Gasteiger partial charge in [0.25, 0.3) is 5.91 Å². The van der Waals surface area contributed by atoms with Crippen LogP contribution >= 0.6 is 0 Å². The molecule has 2 aromatic carbocycles. The molecule has 1 aromatic heterocycles. The lowest BCUT2D eigenvalue weighted by Crippen LogP contribution is -2.40. The highest BCUT2D eigenvalue weighted by atomic mass is 16.5. The molecule has 7 nitrogen and oxygen atoms in total. The standard InChI is InChI=1S/C25H30N4O3/c1-17-21(13-26-28(17)2)25(30)27-23-16-29(14-18-8-6-5-7-9-18)15-22(23)20-12-19(31-3)10-11-24(20)32-4/h5-13,22-23H,14-16H2,1-4H3,(H,27,30)/t22-,23+/m0/s1. The molecule has 2 heterocycles. The zero-order valence-electron chi connectivity index (χ0n) is 19.0. The van der Waals surface area contributed by atoms with E-state index in [-0.39, 0.29) is 17.9 Å². The second-order valence-electron chi connectivity index (χ2n) is 8.24. The topological polar surface area (TPSA) is 68.6 Å². The summed E-state index contributed by atoms with van der Waals surface area (Å²) in [6.45, 7) is 4.27. The SMILES string of the molecule is COc1ccc(OC)c([C@@H]2CN(Cc3ccccc3)C[C@H]2NC(=O)c2cnn(C)c2C)c1. The average Bonchev–Trinajstić information content (AvgIpc) is 3.36. The molecule has 2 atom stereocenters. The van der Waals surface area contributed by atoms with Gasteiger partial charge < -0.3 is 14.8 Å². The number of methoxy groups -OCH3 is 2. The molecule has 7 heteroatoms. The normalized spacial score (nSPS) is 18.5. The second-order valence-corrected chi connectivity index (χ2v) is 8.24. The number of benzene rings is 2. The van der Waals surface area contributed by atoms with Crippen LogP contribution in [0.25, 0.3) is 0 Å². The highest BCUT2D eigenvalue weighted by molar-refractivity contribution is 5.95. The van der Waals surface area contributed by atoms with Gasteiger partial charge in [-0.15, -0.1) is 0 Å². The van der Waals surface area contributed by atoms with Gasteiger partial charge in [0.05, 0.1) is 32.0 Å². The van der Waals surface area contributed by atoms with E-state index in [1.807, 2.05) is 38.2 Å². The maximum atomic E-state index is 13.1. The minimum absolute atomic E-state index is 0.0599. The molecule has 1 amide bonds. The van der Waals surface area contributed by atoms with E-state index in [2.05, 4.69) is 39.6 Å². The minimum atomic E-state index is -0.103. The number of nitrogens with zero attached hydrogens (tertiary/aromatic N) is 3. The van der Waals surface area contributed by atoms with Crippen molar-refractivity contribution in [3.8, 4) is 11.5 Å². The third-order valence-corrected chi connectivity index (χ3v) is 6.28.